The number of aliphatic hydroxyl groups excluding tert-OH is 1. The molecular formula is C20H21N5O2. The number of aryl methyl sites for hydroxylation is 1. The van der Waals surface area contributed by atoms with Gasteiger partial charge < -0.3 is 24.5 Å². The molecule has 0 spiro atoms. The average molecular weight is 363 g/mol. The smallest absolute Gasteiger partial charge is 0.226 e. The molecule has 1 unspecified atom stereocenters. The molecule has 2 aliphatic rings. The van der Waals surface area contributed by atoms with Crippen LogP contribution in [0.3, 0.4) is 0 Å². The van der Waals surface area contributed by atoms with Crippen molar-refractivity contribution in [2.75, 3.05) is 31.1 Å². The summed E-state index contributed by atoms with van der Waals surface area (Å²) in [5.74, 6) is 0.698. The lowest BCUT2D eigenvalue weighted by atomic mass is 10.0. The van der Waals surface area contributed by atoms with Crippen molar-refractivity contribution in [2.45, 2.75) is 13.2 Å². The molecule has 2 aromatic heterocycles. The molecule has 1 atom stereocenters. The van der Waals surface area contributed by atoms with Crippen LogP contribution < -0.4 is 15.0 Å². The molecule has 0 aliphatic carbocycles. The van der Waals surface area contributed by atoms with E-state index in [4.69, 9.17) is 4.74 Å². The highest BCUT2D eigenvalue weighted by Gasteiger charge is 2.25. The summed E-state index contributed by atoms with van der Waals surface area (Å²) in [5.41, 5.74) is 5.05. The number of fused-ring (bicyclic) bond motifs is 2. The molecule has 1 fully saturated rings. The number of piperazine rings is 1. The SMILES string of the molecule is Cc1cn2cc(C3=Cc4ccc(N5CCNCC5)cc4OC3O)nc2cn1. The maximum absolute atomic E-state index is 10.6. The summed E-state index contributed by atoms with van der Waals surface area (Å²) >= 11 is 0. The van der Waals surface area contributed by atoms with Gasteiger partial charge in [-0.2, -0.15) is 0 Å². The predicted molar refractivity (Wildman–Crippen MR) is 104 cm³/mol. The number of aromatic nitrogens is 3. The van der Waals surface area contributed by atoms with Crippen LogP contribution in [0.5, 0.6) is 5.75 Å². The largest absolute Gasteiger partial charge is 0.460 e. The second-order valence-electron chi connectivity index (χ2n) is 6.95. The van der Waals surface area contributed by atoms with Crippen LogP contribution in [0.2, 0.25) is 0 Å². The molecule has 7 heteroatoms. The van der Waals surface area contributed by atoms with Crippen LogP contribution in [0.25, 0.3) is 17.3 Å². The molecular weight excluding hydrogens is 342 g/mol. The summed E-state index contributed by atoms with van der Waals surface area (Å²) in [7, 11) is 0. The highest BCUT2D eigenvalue weighted by molar-refractivity contribution is 5.86. The number of nitrogens with zero attached hydrogens (tertiary/aromatic N) is 4. The van der Waals surface area contributed by atoms with E-state index in [2.05, 4.69) is 26.3 Å². The van der Waals surface area contributed by atoms with Gasteiger partial charge in [-0.15, -0.1) is 0 Å². The van der Waals surface area contributed by atoms with Gasteiger partial charge in [0.2, 0.25) is 6.29 Å². The Balaban J connectivity index is 1.50. The zero-order valence-electron chi connectivity index (χ0n) is 15.1. The van der Waals surface area contributed by atoms with Crippen LogP contribution in [0, 0.1) is 6.92 Å². The third kappa shape index (κ3) is 2.94. The van der Waals surface area contributed by atoms with Gasteiger partial charge >= 0.3 is 0 Å². The number of benzene rings is 1. The van der Waals surface area contributed by atoms with E-state index < -0.39 is 6.29 Å². The minimum Gasteiger partial charge on any atom is -0.460 e. The minimum atomic E-state index is -1.05. The zero-order valence-corrected chi connectivity index (χ0v) is 15.1. The Morgan fingerprint density at radius 2 is 2.07 bits per heavy atom. The Labute approximate surface area is 156 Å². The summed E-state index contributed by atoms with van der Waals surface area (Å²) in [5, 5.41) is 13.9. The number of imidazole rings is 1. The molecule has 2 N–H and O–H groups in total. The molecule has 0 bridgehead atoms. The highest BCUT2D eigenvalue weighted by atomic mass is 16.6. The van der Waals surface area contributed by atoms with Gasteiger partial charge in [0.15, 0.2) is 5.65 Å². The van der Waals surface area contributed by atoms with Crippen molar-refractivity contribution in [1.82, 2.24) is 19.7 Å². The van der Waals surface area contributed by atoms with Gasteiger partial charge in [0.1, 0.15) is 5.75 Å². The third-order valence-corrected chi connectivity index (χ3v) is 5.06. The van der Waals surface area contributed by atoms with E-state index in [1.54, 1.807) is 6.20 Å². The van der Waals surface area contributed by atoms with Gasteiger partial charge in [-0.05, 0) is 25.1 Å². The van der Waals surface area contributed by atoms with E-state index in [0.717, 1.165) is 48.8 Å². The molecule has 0 radical (unpaired) electrons. The third-order valence-electron chi connectivity index (χ3n) is 5.06. The van der Waals surface area contributed by atoms with Gasteiger partial charge in [-0.25, -0.2) is 4.98 Å². The highest BCUT2D eigenvalue weighted by Crippen LogP contribution is 2.36. The van der Waals surface area contributed by atoms with E-state index >= 15 is 0 Å². The lowest BCUT2D eigenvalue weighted by molar-refractivity contribution is 0.0318. The minimum absolute atomic E-state index is 0.652. The van der Waals surface area contributed by atoms with Gasteiger partial charge in [0.05, 0.1) is 17.6 Å². The topological polar surface area (TPSA) is 74.9 Å². The van der Waals surface area contributed by atoms with E-state index in [1.165, 1.54) is 0 Å². The molecule has 138 valence electrons. The maximum Gasteiger partial charge on any atom is 0.226 e. The Kier molecular flexibility index (Phi) is 3.84. The molecule has 1 saturated heterocycles. The van der Waals surface area contributed by atoms with Crippen LogP contribution in [0.4, 0.5) is 5.69 Å². The number of hydrogen-bond donors (Lipinski definition) is 2. The fourth-order valence-corrected chi connectivity index (χ4v) is 3.63. The van der Waals surface area contributed by atoms with Crippen molar-refractivity contribution in [3.63, 3.8) is 0 Å². The van der Waals surface area contributed by atoms with Crippen molar-refractivity contribution in [1.29, 1.82) is 0 Å². The fraction of sp³-hybridized carbons (Fsp3) is 0.300. The number of aliphatic hydroxyl groups is 1. The van der Waals surface area contributed by atoms with Crippen molar-refractivity contribution < 1.29 is 9.84 Å². The summed E-state index contributed by atoms with van der Waals surface area (Å²) in [6.07, 6.45) is 6.43. The molecule has 5 rings (SSSR count). The molecule has 27 heavy (non-hydrogen) atoms. The van der Waals surface area contributed by atoms with E-state index in [-0.39, 0.29) is 0 Å². The second kappa shape index (κ2) is 6.37. The van der Waals surface area contributed by atoms with Crippen LogP contribution in [0.15, 0.2) is 36.8 Å². The Morgan fingerprint density at radius 1 is 1.22 bits per heavy atom. The van der Waals surface area contributed by atoms with E-state index in [1.807, 2.05) is 41.9 Å². The van der Waals surface area contributed by atoms with Crippen molar-refractivity contribution >= 4 is 23.0 Å². The summed E-state index contributed by atoms with van der Waals surface area (Å²) in [6, 6.07) is 6.16. The first-order valence-corrected chi connectivity index (χ1v) is 9.15. The Hall–Kier alpha value is -2.90. The van der Waals surface area contributed by atoms with Gasteiger partial charge in [-0.1, -0.05) is 0 Å². The maximum atomic E-state index is 10.6. The van der Waals surface area contributed by atoms with E-state index in [9.17, 15) is 5.11 Å². The molecule has 7 nitrogen and oxygen atoms in total. The van der Waals surface area contributed by atoms with Gasteiger partial charge in [-0.3, -0.25) is 4.98 Å². The number of nitrogens with one attached hydrogen (secondary N) is 1. The monoisotopic (exact) mass is 363 g/mol. The lowest BCUT2D eigenvalue weighted by Gasteiger charge is -2.31. The summed E-state index contributed by atoms with van der Waals surface area (Å²) in [4.78, 5) is 11.2. The average Bonchev–Trinajstić information content (AvgIpc) is 3.10. The molecule has 4 heterocycles. The van der Waals surface area contributed by atoms with Crippen molar-refractivity contribution in [3.05, 3.63) is 53.7 Å². The fourth-order valence-electron chi connectivity index (χ4n) is 3.63. The van der Waals surface area contributed by atoms with Gasteiger partial charge in [0.25, 0.3) is 0 Å². The summed E-state index contributed by atoms with van der Waals surface area (Å²) in [6.45, 7) is 5.83. The first-order valence-electron chi connectivity index (χ1n) is 9.15. The first kappa shape index (κ1) is 16.3. The Bertz CT molecular complexity index is 1040. The predicted octanol–water partition coefficient (Wildman–Crippen LogP) is 1.70. The van der Waals surface area contributed by atoms with Crippen molar-refractivity contribution in [3.8, 4) is 5.75 Å². The van der Waals surface area contributed by atoms with Crippen LogP contribution in [-0.2, 0) is 0 Å². The number of rotatable bonds is 2. The number of ether oxygens (including phenoxy) is 1. The Morgan fingerprint density at radius 3 is 2.93 bits per heavy atom. The van der Waals surface area contributed by atoms with Crippen molar-refractivity contribution in [2.24, 2.45) is 0 Å². The van der Waals surface area contributed by atoms with Crippen LogP contribution >= 0.6 is 0 Å². The zero-order chi connectivity index (χ0) is 18.4. The lowest BCUT2D eigenvalue weighted by Crippen LogP contribution is -2.43. The number of hydrogen-bond acceptors (Lipinski definition) is 6. The van der Waals surface area contributed by atoms with Crippen LogP contribution in [-0.4, -0.2) is 51.9 Å². The first-order chi connectivity index (χ1) is 13.2. The van der Waals surface area contributed by atoms with Gasteiger partial charge in [0, 0.05) is 61.5 Å². The van der Waals surface area contributed by atoms with E-state index in [0.29, 0.717) is 17.0 Å². The molecule has 2 aliphatic heterocycles. The molecule has 1 aromatic carbocycles. The number of anilines is 1. The second-order valence-corrected chi connectivity index (χ2v) is 6.95. The van der Waals surface area contributed by atoms with Crippen LogP contribution in [0.1, 0.15) is 17.0 Å². The molecule has 0 saturated carbocycles. The quantitative estimate of drug-likeness (QED) is 0.722. The molecule has 3 aromatic rings. The standard InChI is InChI=1S/C20H21N5O2/c1-13-11-25-12-17(23-19(25)10-22-13)16-8-14-2-3-15(9-18(14)27-20(16)26)24-6-4-21-5-7-24/h2-3,8-12,20-21,26H,4-7H2,1H3. The molecule has 0 amide bonds. The summed E-state index contributed by atoms with van der Waals surface area (Å²) < 4.78 is 7.74. The normalized spacial score (nSPS) is 19.6.